The lowest BCUT2D eigenvalue weighted by molar-refractivity contribution is -0.142. The van der Waals surface area contributed by atoms with Gasteiger partial charge in [-0.05, 0) is 30.8 Å². The van der Waals surface area contributed by atoms with E-state index in [4.69, 9.17) is 5.73 Å². The van der Waals surface area contributed by atoms with E-state index in [2.05, 4.69) is 25.9 Å². The highest BCUT2D eigenvalue weighted by Gasteiger charge is 2.29. The first-order valence-corrected chi connectivity index (χ1v) is 11.4. The van der Waals surface area contributed by atoms with Crippen LogP contribution in [0, 0.1) is 5.92 Å². The standard InChI is InChI=1S/C19H32N6O5S/c1-11(2)6-15(19(29)30)25-17(27)13(4-5-31-3)24-18(28)14(23-16(26)8-20)7-12-9-21-10-22-12/h9-11,13-15H,4-8,20H2,1-3H3,(H,21,22)(H,23,26)(H,24,28)(H,25,27)(H,29,30). The van der Waals surface area contributed by atoms with E-state index in [-0.39, 0.29) is 25.3 Å². The zero-order chi connectivity index (χ0) is 23.4. The maximum Gasteiger partial charge on any atom is 0.326 e. The highest BCUT2D eigenvalue weighted by atomic mass is 32.2. The number of aliphatic carboxylic acids is 1. The number of hydrogen-bond acceptors (Lipinski definition) is 7. The largest absolute Gasteiger partial charge is 0.480 e. The zero-order valence-electron chi connectivity index (χ0n) is 18.0. The molecule has 0 bridgehead atoms. The molecule has 174 valence electrons. The number of aromatic nitrogens is 2. The average molecular weight is 457 g/mol. The van der Waals surface area contributed by atoms with E-state index in [1.54, 1.807) is 0 Å². The Labute approximate surface area is 185 Å². The van der Waals surface area contributed by atoms with E-state index in [9.17, 15) is 24.3 Å². The van der Waals surface area contributed by atoms with Gasteiger partial charge in [0.25, 0.3) is 0 Å². The van der Waals surface area contributed by atoms with Crippen LogP contribution in [0.1, 0.15) is 32.4 Å². The second-order valence-electron chi connectivity index (χ2n) is 7.48. The number of aromatic amines is 1. The van der Waals surface area contributed by atoms with Gasteiger partial charge >= 0.3 is 5.97 Å². The Bertz CT molecular complexity index is 727. The highest BCUT2D eigenvalue weighted by molar-refractivity contribution is 7.98. The number of H-pyrrole nitrogens is 1. The Morgan fingerprint density at radius 1 is 1.13 bits per heavy atom. The summed E-state index contributed by atoms with van der Waals surface area (Å²) in [6.45, 7) is 3.42. The Kier molecular flexibility index (Phi) is 11.6. The van der Waals surface area contributed by atoms with Crippen molar-refractivity contribution in [3.05, 3.63) is 18.2 Å². The van der Waals surface area contributed by atoms with Crippen LogP contribution in [-0.4, -0.2) is 75.4 Å². The molecule has 3 amide bonds. The molecule has 11 nitrogen and oxygen atoms in total. The number of nitrogens with zero attached hydrogens (tertiary/aromatic N) is 1. The maximum absolute atomic E-state index is 12.9. The quantitative estimate of drug-likeness (QED) is 0.211. The molecule has 3 unspecified atom stereocenters. The van der Waals surface area contributed by atoms with Gasteiger partial charge in [0.1, 0.15) is 18.1 Å². The van der Waals surface area contributed by atoms with Gasteiger partial charge < -0.3 is 31.8 Å². The Morgan fingerprint density at radius 2 is 1.77 bits per heavy atom. The fraction of sp³-hybridized carbons (Fsp3) is 0.632. The third-order valence-corrected chi connectivity index (χ3v) is 5.03. The second kappa shape index (κ2) is 13.7. The monoisotopic (exact) mass is 456 g/mol. The smallest absolute Gasteiger partial charge is 0.326 e. The van der Waals surface area contributed by atoms with Crippen LogP contribution < -0.4 is 21.7 Å². The molecule has 0 saturated heterocycles. The number of nitrogens with two attached hydrogens (primary N) is 1. The number of carboxylic acid groups (broad SMARTS) is 1. The lowest BCUT2D eigenvalue weighted by Gasteiger charge is -2.24. The van der Waals surface area contributed by atoms with Crippen LogP contribution in [0.15, 0.2) is 12.5 Å². The Morgan fingerprint density at radius 3 is 2.29 bits per heavy atom. The van der Waals surface area contributed by atoms with Crippen molar-refractivity contribution in [3.63, 3.8) is 0 Å². The molecule has 0 aliphatic carbocycles. The predicted octanol–water partition coefficient (Wildman–Crippen LogP) is -0.751. The number of rotatable bonds is 14. The summed E-state index contributed by atoms with van der Waals surface area (Å²) < 4.78 is 0. The van der Waals surface area contributed by atoms with E-state index >= 15 is 0 Å². The van der Waals surface area contributed by atoms with Crippen molar-refractivity contribution in [1.29, 1.82) is 0 Å². The fourth-order valence-electron chi connectivity index (χ4n) is 2.82. The van der Waals surface area contributed by atoms with E-state index in [1.165, 1.54) is 24.3 Å². The van der Waals surface area contributed by atoms with Crippen LogP contribution in [0.3, 0.4) is 0 Å². The first-order valence-electron chi connectivity index (χ1n) is 9.97. The first-order chi connectivity index (χ1) is 14.7. The van der Waals surface area contributed by atoms with Crippen LogP contribution in [0.2, 0.25) is 0 Å². The van der Waals surface area contributed by atoms with Crippen LogP contribution in [0.25, 0.3) is 0 Å². The van der Waals surface area contributed by atoms with Crippen LogP contribution >= 0.6 is 11.8 Å². The SMILES string of the molecule is CSCCC(NC(=O)C(Cc1cnc[nH]1)NC(=O)CN)C(=O)NC(CC(C)C)C(=O)O. The van der Waals surface area contributed by atoms with Gasteiger partial charge in [0.15, 0.2) is 0 Å². The molecule has 0 spiro atoms. The molecule has 1 aromatic rings. The molecule has 1 aromatic heterocycles. The summed E-state index contributed by atoms with van der Waals surface area (Å²) in [7, 11) is 0. The summed E-state index contributed by atoms with van der Waals surface area (Å²) in [4.78, 5) is 55.7. The van der Waals surface area contributed by atoms with Gasteiger partial charge in [-0.1, -0.05) is 13.8 Å². The minimum absolute atomic E-state index is 0.0610. The number of hydrogen-bond donors (Lipinski definition) is 6. The zero-order valence-corrected chi connectivity index (χ0v) is 18.8. The third-order valence-electron chi connectivity index (χ3n) is 4.38. The first kappa shape index (κ1) is 26.4. The average Bonchev–Trinajstić information content (AvgIpc) is 3.22. The van der Waals surface area contributed by atoms with Crippen molar-refractivity contribution in [2.75, 3.05) is 18.6 Å². The van der Waals surface area contributed by atoms with Crippen molar-refractivity contribution in [2.24, 2.45) is 11.7 Å². The van der Waals surface area contributed by atoms with Gasteiger partial charge in [-0.15, -0.1) is 0 Å². The number of carbonyl (C=O) groups excluding carboxylic acids is 3. The molecule has 31 heavy (non-hydrogen) atoms. The molecule has 3 atom stereocenters. The van der Waals surface area contributed by atoms with Gasteiger partial charge in [-0.25, -0.2) is 9.78 Å². The topological polar surface area (TPSA) is 179 Å². The summed E-state index contributed by atoms with van der Waals surface area (Å²) in [5, 5.41) is 17.1. The summed E-state index contributed by atoms with van der Waals surface area (Å²) in [5.74, 6) is -2.18. The van der Waals surface area contributed by atoms with E-state index in [1.807, 2.05) is 20.1 Å². The molecule has 0 aliphatic heterocycles. The summed E-state index contributed by atoms with van der Waals surface area (Å²) >= 11 is 1.49. The number of nitrogens with one attached hydrogen (secondary N) is 4. The third kappa shape index (κ3) is 9.83. The van der Waals surface area contributed by atoms with Gasteiger partial charge in [-0.3, -0.25) is 14.4 Å². The maximum atomic E-state index is 12.9. The second-order valence-corrected chi connectivity index (χ2v) is 8.46. The van der Waals surface area contributed by atoms with Crippen molar-refractivity contribution in [3.8, 4) is 0 Å². The molecule has 1 heterocycles. The highest BCUT2D eigenvalue weighted by Crippen LogP contribution is 2.08. The van der Waals surface area contributed by atoms with Gasteiger partial charge in [0.2, 0.25) is 17.7 Å². The molecule has 0 radical (unpaired) electrons. The van der Waals surface area contributed by atoms with E-state index in [0.29, 0.717) is 17.9 Å². The van der Waals surface area contributed by atoms with Crippen LogP contribution in [-0.2, 0) is 25.6 Å². The van der Waals surface area contributed by atoms with E-state index in [0.717, 1.165) is 0 Å². The molecule has 7 N–H and O–H groups in total. The molecule has 12 heteroatoms. The Hall–Kier alpha value is -2.60. The lowest BCUT2D eigenvalue weighted by Crippen LogP contribution is -2.57. The van der Waals surface area contributed by atoms with Crippen LogP contribution in [0.4, 0.5) is 0 Å². The number of thioether (sulfide) groups is 1. The van der Waals surface area contributed by atoms with Crippen molar-refractivity contribution >= 4 is 35.5 Å². The Balaban J connectivity index is 2.94. The minimum atomic E-state index is -1.13. The minimum Gasteiger partial charge on any atom is -0.480 e. The van der Waals surface area contributed by atoms with E-state index < -0.39 is 41.8 Å². The molecular weight excluding hydrogens is 424 g/mol. The molecular formula is C19H32N6O5S. The summed E-state index contributed by atoms with van der Waals surface area (Å²) in [6, 6.07) is -2.99. The van der Waals surface area contributed by atoms with Gasteiger partial charge in [-0.2, -0.15) is 11.8 Å². The number of amides is 3. The molecule has 0 aromatic carbocycles. The summed E-state index contributed by atoms with van der Waals surface area (Å²) in [6.07, 6.45) is 5.52. The van der Waals surface area contributed by atoms with Crippen molar-refractivity contribution in [1.82, 2.24) is 25.9 Å². The molecule has 0 saturated carbocycles. The van der Waals surface area contributed by atoms with Gasteiger partial charge in [0.05, 0.1) is 12.9 Å². The number of imidazole rings is 1. The molecule has 0 fully saturated rings. The van der Waals surface area contributed by atoms with Gasteiger partial charge in [0, 0.05) is 18.3 Å². The molecule has 0 aliphatic rings. The number of carbonyl (C=O) groups is 4. The lowest BCUT2D eigenvalue weighted by atomic mass is 10.0. The van der Waals surface area contributed by atoms with Crippen molar-refractivity contribution < 1.29 is 24.3 Å². The van der Waals surface area contributed by atoms with Crippen LogP contribution in [0.5, 0.6) is 0 Å². The van der Waals surface area contributed by atoms with Crippen molar-refractivity contribution in [2.45, 2.75) is 51.2 Å². The normalized spacial score (nSPS) is 13.8. The fourth-order valence-corrected chi connectivity index (χ4v) is 3.29. The number of carboxylic acids is 1. The molecule has 1 rings (SSSR count). The predicted molar refractivity (Wildman–Crippen MR) is 117 cm³/mol. The summed E-state index contributed by atoms with van der Waals surface area (Å²) in [5.41, 5.74) is 5.96.